The van der Waals surface area contributed by atoms with Crippen LogP contribution in [0, 0.1) is 5.82 Å². The van der Waals surface area contributed by atoms with E-state index in [-0.39, 0.29) is 17.0 Å². The van der Waals surface area contributed by atoms with Crippen LogP contribution in [0.3, 0.4) is 0 Å². The van der Waals surface area contributed by atoms with Crippen molar-refractivity contribution in [2.45, 2.75) is 30.9 Å². The van der Waals surface area contributed by atoms with E-state index in [1.54, 1.807) is 0 Å². The molecule has 0 radical (unpaired) electrons. The molecule has 1 saturated heterocycles. The van der Waals surface area contributed by atoms with Crippen molar-refractivity contribution < 1.29 is 17.9 Å². The first-order valence-electron chi connectivity index (χ1n) is 6.79. The molecule has 0 saturated carbocycles. The first-order valence-corrected chi connectivity index (χ1v) is 8.23. The van der Waals surface area contributed by atoms with Gasteiger partial charge in [-0.1, -0.05) is 6.07 Å². The number of rotatable bonds is 3. The van der Waals surface area contributed by atoms with Crippen LogP contribution in [0.1, 0.15) is 19.4 Å². The third-order valence-corrected chi connectivity index (χ3v) is 5.96. The first kappa shape index (κ1) is 16.4. The van der Waals surface area contributed by atoms with E-state index in [1.165, 1.54) is 16.4 Å². The van der Waals surface area contributed by atoms with Crippen molar-refractivity contribution in [2.75, 3.05) is 26.7 Å². The second-order valence-corrected chi connectivity index (χ2v) is 7.90. The number of aliphatic hydroxyl groups excluding tert-OH is 1. The van der Waals surface area contributed by atoms with Crippen molar-refractivity contribution in [1.29, 1.82) is 0 Å². The molecule has 1 fully saturated rings. The minimum absolute atomic E-state index is 0.299. The topological polar surface area (TPSA) is 60.9 Å². The number of hydrogen-bond donors (Lipinski definition) is 1. The maximum absolute atomic E-state index is 14.0. The normalized spacial score (nSPS) is 20.6. The Balaban J connectivity index is 2.35. The van der Waals surface area contributed by atoms with Crippen LogP contribution in [0.4, 0.5) is 4.39 Å². The number of nitrogens with zero attached hydrogens (tertiary/aromatic N) is 2. The number of likely N-dealkylation sites (N-methyl/N-ethyl adjacent to an activating group) is 1. The van der Waals surface area contributed by atoms with Gasteiger partial charge in [-0.2, -0.15) is 4.31 Å². The highest BCUT2D eigenvalue weighted by Crippen LogP contribution is 2.26. The van der Waals surface area contributed by atoms with Crippen LogP contribution in [0.25, 0.3) is 0 Å². The number of halogens is 1. The molecule has 1 aliphatic heterocycles. The summed E-state index contributed by atoms with van der Waals surface area (Å²) in [5.74, 6) is -0.821. The van der Waals surface area contributed by atoms with Crippen LogP contribution < -0.4 is 0 Å². The lowest BCUT2D eigenvalue weighted by Gasteiger charge is -2.44. The Morgan fingerprint density at radius 2 is 2.00 bits per heavy atom. The second kappa shape index (κ2) is 5.64. The summed E-state index contributed by atoms with van der Waals surface area (Å²) in [6, 6.07) is 3.72. The van der Waals surface area contributed by atoms with Gasteiger partial charge < -0.3 is 5.11 Å². The molecular weight excluding hydrogens is 295 g/mol. The number of hydrogen-bond acceptors (Lipinski definition) is 4. The molecule has 7 heteroatoms. The van der Waals surface area contributed by atoms with Gasteiger partial charge in [0.1, 0.15) is 10.7 Å². The summed E-state index contributed by atoms with van der Waals surface area (Å²) in [6.07, 6.45) is 0. The predicted molar refractivity (Wildman–Crippen MR) is 77.8 cm³/mol. The molecule has 0 amide bonds. The van der Waals surface area contributed by atoms with Crippen LogP contribution in [-0.4, -0.2) is 55.0 Å². The molecule has 0 unspecified atom stereocenters. The Hall–Kier alpha value is -1.02. The van der Waals surface area contributed by atoms with E-state index in [2.05, 4.69) is 4.90 Å². The quantitative estimate of drug-likeness (QED) is 0.905. The minimum atomic E-state index is -3.86. The molecule has 0 aliphatic carbocycles. The van der Waals surface area contributed by atoms with Crippen molar-refractivity contribution in [1.82, 2.24) is 9.21 Å². The Morgan fingerprint density at radius 3 is 2.52 bits per heavy atom. The van der Waals surface area contributed by atoms with Gasteiger partial charge in [0.25, 0.3) is 0 Å². The van der Waals surface area contributed by atoms with Gasteiger partial charge in [-0.3, -0.25) is 4.90 Å². The van der Waals surface area contributed by atoms with E-state index in [0.717, 1.165) is 6.07 Å². The Kier molecular flexibility index (Phi) is 4.39. The van der Waals surface area contributed by atoms with E-state index in [0.29, 0.717) is 25.2 Å². The highest BCUT2D eigenvalue weighted by atomic mass is 32.2. The zero-order valence-electron chi connectivity index (χ0n) is 12.5. The average Bonchev–Trinajstić information content (AvgIpc) is 2.41. The molecule has 1 heterocycles. The largest absolute Gasteiger partial charge is 0.392 e. The van der Waals surface area contributed by atoms with Crippen LogP contribution in [0.15, 0.2) is 23.1 Å². The summed E-state index contributed by atoms with van der Waals surface area (Å²) in [6.45, 7) is 4.84. The van der Waals surface area contributed by atoms with Gasteiger partial charge in [0, 0.05) is 25.2 Å². The molecule has 0 atom stereocenters. The highest BCUT2D eigenvalue weighted by Gasteiger charge is 2.38. The van der Waals surface area contributed by atoms with E-state index in [1.807, 2.05) is 20.9 Å². The zero-order valence-corrected chi connectivity index (χ0v) is 13.3. The molecule has 1 aromatic rings. The maximum Gasteiger partial charge on any atom is 0.246 e. The number of benzene rings is 1. The van der Waals surface area contributed by atoms with E-state index in [9.17, 15) is 12.8 Å². The van der Waals surface area contributed by atoms with Crippen molar-refractivity contribution in [3.63, 3.8) is 0 Å². The molecule has 0 aromatic heterocycles. The van der Waals surface area contributed by atoms with Crippen molar-refractivity contribution in [3.05, 3.63) is 29.6 Å². The Labute approximate surface area is 125 Å². The average molecular weight is 316 g/mol. The summed E-state index contributed by atoms with van der Waals surface area (Å²) < 4.78 is 40.6. The lowest BCUT2D eigenvalue weighted by molar-refractivity contribution is 0.0800. The Morgan fingerprint density at radius 1 is 1.33 bits per heavy atom. The van der Waals surface area contributed by atoms with Gasteiger partial charge in [0.05, 0.1) is 6.61 Å². The smallest absolute Gasteiger partial charge is 0.246 e. The summed E-state index contributed by atoms with van der Waals surface area (Å²) in [5.41, 5.74) is 0.0532. The monoisotopic (exact) mass is 316 g/mol. The maximum atomic E-state index is 14.0. The third kappa shape index (κ3) is 3.11. The van der Waals surface area contributed by atoms with Crippen LogP contribution in [-0.2, 0) is 16.6 Å². The lowest BCUT2D eigenvalue weighted by Crippen LogP contribution is -2.58. The SMILES string of the molecule is CN1CCN(S(=O)(=O)c2ccc(CO)cc2F)CC1(C)C. The molecule has 118 valence electrons. The van der Waals surface area contributed by atoms with Crippen molar-refractivity contribution in [3.8, 4) is 0 Å². The first-order chi connectivity index (χ1) is 9.68. The molecule has 1 aliphatic rings. The van der Waals surface area contributed by atoms with E-state index in [4.69, 9.17) is 5.11 Å². The number of piperazine rings is 1. The Bertz CT molecular complexity index is 631. The fraction of sp³-hybridized carbons (Fsp3) is 0.571. The van der Waals surface area contributed by atoms with Crippen LogP contribution in [0.2, 0.25) is 0 Å². The van der Waals surface area contributed by atoms with Gasteiger partial charge in [0.15, 0.2) is 0 Å². The second-order valence-electron chi connectivity index (χ2n) is 6.00. The van der Waals surface area contributed by atoms with Crippen molar-refractivity contribution in [2.24, 2.45) is 0 Å². The van der Waals surface area contributed by atoms with E-state index < -0.39 is 15.8 Å². The van der Waals surface area contributed by atoms with Gasteiger partial charge in [-0.05, 0) is 38.6 Å². The van der Waals surface area contributed by atoms with Gasteiger partial charge in [-0.15, -0.1) is 0 Å². The molecule has 0 bridgehead atoms. The summed E-state index contributed by atoms with van der Waals surface area (Å²) in [7, 11) is -1.92. The molecule has 5 nitrogen and oxygen atoms in total. The fourth-order valence-corrected chi connectivity index (χ4v) is 4.02. The summed E-state index contributed by atoms with van der Waals surface area (Å²) in [4.78, 5) is 1.75. The van der Waals surface area contributed by atoms with Crippen molar-refractivity contribution >= 4 is 10.0 Å². The molecule has 0 spiro atoms. The highest BCUT2D eigenvalue weighted by molar-refractivity contribution is 7.89. The lowest BCUT2D eigenvalue weighted by atomic mass is 10.0. The molecular formula is C14H21FN2O3S. The molecule has 1 aromatic carbocycles. The van der Waals surface area contributed by atoms with Gasteiger partial charge in [0.2, 0.25) is 10.0 Å². The summed E-state index contributed by atoms with van der Waals surface area (Å²) >= 11 is 0. The third-order valence-electron chi connectivity index (χ3n) is 4.08. The summed E-state index contributed by atoms with van der Waals surface area (Å²) in [5, 5.41) is 8.97. The van der Waals surface area contributed by atoms with Crippen LogP contribution >= 0.6 is 0 Å². The van der Waals surface area contributed by atoms with Gasteiger partial charge in [-0.25, -0.2) is 12.8 Å². The zero-order chi connectivity index (χ0) is 15.8. The fourth-order valence-electron chi connectivity index (χ4n) is 2.39. The molecule has 2 rings (SSSR count). The number of sulfonamides is 1. The predicted octanol–water partition coefficient (Wildman–Crippen LogP) is 1.03. The molecule has 1 N–H and O–H groups in total. The minimum Gasteiger partial charge on any atom is -0.392 e. The standard InChI is InChI=1S/C14H21FN2O3S/c1-14(2)10-17(7-6-16(14)3)21(19,20)13-5-4-11(9-18)8-12(13)15/h4-5,8,18H,6-7,9-10H2,1-3H3. The van der Waals surface area contributed by atoms with Crippen LogP contribution in [0.5, 0.6) is 0 Å². The van der Waals surface area contributed by atoms with E-state index >= 15 is 0 Å². The molecule has 21 heavy (non-hydrogen) atoms. The van der Waals surface area contributed by atoms with Gasteiger partial charge >= 0.3 is 0 Å². The number of aliphatic hydroxyl groups is 1.